The summed E-state index contributed by atoms with van der Waals surface area (Å²) in [6.07, 6.45) is 0. The van der Waals surface area contributed by atoms with Crippen molar-refractivity contribution >= 4 is 58.3 Å². The van der Waals surface area contributed by atoms with Gasteiger partial charge in [0.15, 0.2) is 0 Å². The average molecular weight is 280 g/mol. The molecule has 0 aromatic heterocycles. The van der Waals surface area contributed by atoms with E-state index in [-0.39, 0.29) is 0 Å². The smallest absolute Gasteiger partial charge is 0.333 e. The lowest BCUT2D eigenvalue weighted by molar-refractivity contribution is -0.148. The second kappa shape index (κ2) is 3.17. The maximum absolute atomic E-state index is 10.7. The van der Waals surface area contributed by atoms with E-state index >= 15 is 0 Å². The van der Waals surface area contributed by atoms with E-state index in [1.54, 1.807) is 0 Å². The highest BCUT2D eigenvalue weighted by molar-refractivity contribution is 6.64. The summed E-state index contributed by atoms with van der Waals surface area (Å²) >= 11 is 21.8. The summed E-state index contributed by atoms with van der Waals surface area (Å²) in [6, 6.07) is 0. The van der Waals surface area contributed by atoms with E-state index in [9.17, 15) is 9.59 Å². The molecule has 8 heteroatoms. The molecule has 14 heavy (non-hydrogen) atoms. The van der Waals surface area contributed by atoms with Crippen molar-refractivity contribution in [2.45, 2.75) is 9.75 Å². The Hall–Kier alpha value is -0.160. The van der Waals surface area contributed by atoms with Gasteiger partial charge in [-0.25, -0.2) is 9.59 Å². The van der Waals surface area contributed by atoms with Gasteiger partial charge < -0.3 is 10.2 Å². The zero-order chi connectivity index (χ0) is 11.3. The maximum atomic E-state index is 10.7. The summed E-state index contributed by atoms with van der Waals surface area (Å²) < 4.78 is 0. The topological polar surface area (TPSA) is 74.6 Å². The van der Waals surface area contributed by atoms with Crippen LogP contribution in [0, 0.1) is 0 Å². The summed E-state index contributed by atoms with van der Waals surface area (Å²) in [5, 5.41) is 16.5. The molecule has 1 rings (SSSR count). The van der Waals surface area contributed by atoms with Gasteiger partial charge >= 0.3 is 11.9 Å². The first-order chi connectivity index (χ1) is 6.20. The molecule has 0 aromatic carbocycles. The Bertz CT molecular complexity index is 331. The van der Waals surface area contributed by atoms with Crippen LogP contribution in [0.1, 0.15) is 0 Å². The van der Waals surface area contributed by atoms with E-state index < -0.39 is 31.8 Å². The van der Waals surface area contributed by atoms with Crippen molar-refractivity contribution in [3.05, 3.63) is 10.1 Å². The van der Waals surface area contributed by atoms with Gasteiger partial charge in [-0.2, -0.15) is 0 Å². The highest BCUT2D eigenvalue weighted by atomic mass is 35.5. The zero-order valence-corrected chi connectivity index (χ0v) is 9.25. The highest BCUT2D eigenvalue weighted by Gasteiger charge is 2.73. The fraction of sp³-hybridized carbons (Fsp3) is 0.333. The fourth-order valence-electron chi connectivity index (χ4n) is 1.02. The molecule has 2 atom stereocenters. The Kier molecular flexibility index (Phi) is 2.69. The maximum Gasteiger partial charge on any atom is 0.333 e. The van der Waals surface area contributed by atoms with Crippen LogP contribution in [0.15, 0.2) is 10.1 Å². The quantitative estimate of drug-likeness (QED) is 0.756. The van der Waals surface area contributed by atoms with Crippen molar-refractivity contribution in [1.29, 1.82) is 0 Å². The minimum atomic E-state index is -2.40. The number of carboxylic acid groups (broad SMARTS) is 2. The van der Waals surface area contributed by atoms with Gasteiger partial charge in [0.05, 0.1) is 10.1 Å². The van der Waals surface area contributed by atoms with Gasteiger partial charge in [0.2, 0.25) is 9.75 Å². The van der Waals surface area contributed by atoms with Crippen LogP contribution >= 0.6 is 46.4 Å². The van der Waals surface area contributed by atoms with E-state index in [4.69, 9.17) is 56.6 Å². The summed E-state index contributed by atoms with van der Waals surface area (Å²) in [5.41, 5.74) is 0. The Morgan fingerprint density at radius 1 is 0.929 bits per heavy atom. The molecule has 4 nitrogen and oxygen atoms in total. The molecule has 78 valence electrons. The molecule has 0 radical (unpaired) electrons. The minimum Gasteiger partial charge on any atom is -0.480 e. The average Bonchev–Trinajstić information content (AvgIpc) is 2.12. The Morgan fingerprint density at radius 2 is 1.14 bits per heavy atom. The number of aliphatic carboxylic acids is 2. The van der Waals surface area contributed by atoms with E-state index in [2.05, 4.69) is 0 Å². The number of hydrogen-bond donors (Lipinski definition) is 2. The van der Waals surface area contributed by atoms with Crippen LogP contribution in [0.4, 0.5) is 0 Å². The number of alkyl halides is 2. The molecule has 2 unspecified atom stereocenters. The van der Waals surface area contributed by atoms with Gasteiger partial charge in [-0.05, 0) is 0 Å². The lowest BCUT2D eigenvalue weighted by Crippen LogP contribution is -2.64. The molecular weight excluding hydrogens is 278 g/mol. The van der Waals surface area contributed by atoms with Gasteiger partial charge in [0.25, 0.3) is 0 Å². The van der Waals surface area contributed by atoms with Crippen LogP contribution in [0.3, 0.4) is 0 Å². The lowest BCUT2D eigenvalue weighted by Gasteiger charge is -2.43. The molecule has 0 bridgehead atoms. The first kappa shape index (κ1) is 11.9. The molecule has 0 fully saturated rings. The largest absolute Gasteiger partial charge is 0.480 e. The fourth-order valence-corrected chi connectivity index (χ4v) is 2.49. The predicted molar refractivity (Wildman–Crippen MR) is 51.2 cm³/mol. The molecule has 0 aromatic rings. The summed E-state index contributed by atoms with van der Waals surface area (Å²) in [5.74, 6) is -3.32. The molecule has 0 heterocycles. The van der Waals surface area contributed by atoms with Crippen LogP contribution in [0.5, 0.6) is 0 Å². The van der Waals surface area contributed by atoms with Gasteiger partial charge in [0, 0.05) is 0 Å². The Balaban J connectivity index is 3.39. The SMILES string of the molecule is O=C(O)C1(Cl)C(Cl)=C(Cl)C1(Cl)C(=O)O. The van der Waals surface area contributed by atoms with E-state index in [0.717, 1.165) is 0 Å². The van der Waals surface area contributed by atoms with Gasteiger partial charge in [-0.1, -0.05) is 46.4 Å². The number of carbonyl (C=O) groups is 2. The molecule has 1 aliphatic rings. The van der Waals surface area contributed by atoms with E-state index in [1.807, 2.05) is 0 Å². The van der Waals surface area contributed by atoms with Crippen molar-refractivity contribution in [2.75, 3.05) is 0 Å². The van der Waals surface area contributed by atoms with Crippen LogP contribution in [0.2, 0.25) is 0 Å². The van der Waals surface area contributed by atoms with Crippen molar-refractivity contribution in [2.24, 2.45) is 0 Å². The zero-order valence-electron chi connectivity index (χ0n) is 6.22. The minimum absolute atomic E-state index is 0.481. The van der Waals surface area contributed by atoms with E-state index in [0.29, 0.717) is 0 Å². The molecule has 0 saturated heterocycles. The molecule has 0 aliphatic heterocycles. The van der Waals surface area contributed by atoms with Gasteiger partial charge in [-0.15, -0.1) is 0 Å². The number of carboxylic acids is 2. The molecule has 1 aliphatic carbocycles. The molecule has 0 saturated carbocycles. The van der Waals surface area contributed by atoms with Gasteiger partial charge in [-0.3, -0.25) is 0 Å². The molecule has 0 amide bonds. The van der Waals surface area contributed by atoms with Crippen LogP contribution in [0.25, 0.3) is 0 Å². The normalized spacial score (nSPS) is 36.6. The van der Waals surface area contributed by atoms with Crippen molar-refractivity contribution < 1.29 is 19.8 Å². The predicted octanol–water partition coefficient (Wildman–Crippen LogP) is 1.81. The first-order valence-corrected chi connectivity index (χ1v) is 4.62. The van der Waals surface area contributed by atoms with Crippen molar-refractivity contribution in [3.63, 3.8) is 0 Å². The summed E-state index contributed by atoms with van der Waals surface area (Å²) in [7, 11) is 0. The molecule has 2 N–H and O–H groups in total. The lowest BCUT2D eigenvalue weighted by atomic mass is 9.79. The number of rotatable bonds is 2. The third-order valence-electron chi connectivity index (χ3n) is 1.86. The number of hydrogen-bond acceptors (Lipinski definition) is 2. The monoisotopic (exact) mass is 278 g/mol. The third-order valence-corrected chi connectivity index (χ3v) is 4.46. The highest BCUT2D eigenvalue weighted by Crippen LogP contribution is 2.59. The Labute approximate surface area is 98.0 Å². The third kappa shape index (κ3) is 1.03. The number of halogens is 4. The van der Waals surface area contributed by atoms with Crippen LogP contribution < -0.4 is 0 Å². The second-order valence-electron chi connectivity index (χ2n) is 2.56. The van der Waals surface area contributed by atoms with Gasteiger partial charge in [0.1, 0.15) is 0 Å². The van der Waals surface area contributed by atoms with E-state index in [1.165, 1.54) is 0 Å². The van der Waals surface area contributed by atoms with Crippen molar-refractivity contribution in [1.82, 2.24) is 0 Å². The summed E-state index contributed by atoms with van der Waals surface area (Å²) in [6.45, 7) is 0. The molecule has 0 spiro atoms. The first-order valence-electron chi connectivity index (χ1n) is 3.11. The van der Waals surface area contributed by atoms with Crippen LogP contribution in [-0.4, -0.2) is 31.9 Å². The molecular formula is C6H2Cl4O4. The second-order valence-corrected chi connectivity index (χ2v) is 4.45. The summed E-state index contributed by atoms with van der Waals surface area (Å²) in [4.78, 5) is 16.6. The Morgan fingerprint density at radius 3 is 1.29 bits per heavy atom. The van der Waals surface area contributed by atoms with Crippen LogP contribution in [-0.2, 0) is 9.59 Å². The standard InChI is InChI=1S/C6H2Cl4O4/c7-1-2(8)6(10,4(13)14)5(1,9)3(11)12/h(H,11,12)(H,13,14). The van der Waals surface area contributed by atoms with Crippen molar-refractivity contribution in [3.8, 4) is 0 Å².